The first-order chi connectivity index (χ1) is 11.5. The van der Waals surface area contributed by atoms with Crippen LogP contribution in [0.5, 0.6) is 0 Å². The van der Waals surface area contributed by atoms with Gasteiger partial charge in [0.2, 0.25) is 5.91 Å². The number of benzene rings is 2. The van der Waals surface area contributed by atoms with Crippen LogP contribution >= 0.6 is 0 Å². The van der Waals surface area contributed by atoms with Crippen LogP contribution in [0.3, 0.4) is 0 Å². The minimum absolute atomic E-state index is 0.204. The normalized spacial score (nSPS) is 11.3. The molecular weight excluding hydrogens is 294 g/mol. The van der Waals surface area contributed by atoms with E-state index in [9.17, 15) is 4.79 Å². The van der Waals surface area contributed by atoms with Gasteiger partial charge in [0.1, 0.15) is 0 Å². The van der Waals surface area contributed by atoms with E-state index >= 15 is 0 Å². The van der Waals surface area contributed by atoms with Crippen molar-refractivity contribution in [2.45, 2.75) is 33.6 Å². The molecular formula is C22H29NO. The molecule has 128 valence electrons. The molecule has 0 fully saturated rings. The molecule has 0 aromatic heterocycles. The van der Waals surface area contributed by atoms with Gasteiger partial charge in [-0.2, -0.15) is 0 Å². The van der Waals surface area contributed by atoms with Crippen LogP contribution in [0.4, 0.5) is 0 Å². The largest absolute Gasteiger partial charge is 0.341 e. The zero-order chi connectivity index (χ0) is 17.5. The quantitative estimate of drug-likeness (QED) is 0.705. The summed E-state index contributed by atoms with van der Waals surface area (Å²) in [5.74, 6) is 0.888. The number of hydrogen-bond donors (Lipinski definition) is 0. The van der Waals surface area contributed by atoms with E-state index in [0.717, 1.165) is 24.2 Å². The van der Waals surface area contributed by atoms with Crippen LogP contribution in [-0.4, -0.2) is 23.9 Å². The Kier molecular flexibility index (Phi) is 6.60. The number of hydrogen-bond acceptors (Lipinski definition) is 1. The van der Waals surface area contributed by atoms with E-state index in [4.69, 9.17) is 0 Å². The first kappa shape index (κ1) is 18.3. The second kappa shape index (κ2) is 8.68. The second-order valence-corrected chi connectivity index (χ2v) is 7.29. The summed E-state index contributed by atoms with van der Waals surface area (Å²) in [6.45, 7) is 10.3. The Hall–Kier alpha value is -2.09. The van der Waals surface area contributed by atoms with Crippen molar-refractivity contribution in [3.63, 3.8) is 0 Å². The third-order valence-electron chi connectivity index (χ3n) is 4.00. The minimum Gasteiger partial charge on any atom is -0.341 e. The average Bonchev–Trinajstić information content (AvgIpc) is 2.55. The molecule has 1 amide bonds. The molecule has 2 nitrogen and oxygen atoms in total. The summed E-state index contributed by atoms with van der Waals surface area (Å²) in [6, 6.07) is 20.2. The molecule has 0 unspecified atom stereocenters. The van der Waals surface area contributed by atoms with Crippen molar-refractivity contribution in [1.82, 2.24) is 4.90 Å². The number of nitrogens with zero attached hydrogens (tertiary/aromatic N) is 1. The summed E-state index contributed by atoms with van der Waals surface area (Å²) < 4.78 is 0. The number of carbonyl (C=O) groups is 1. The Balaban J connectivity index is 2.39. The van der Waals surface area contributed by atoms with E-state index in [1.807, 2.05) is 41.3 Å². The lowest BCUT2D eigenvalue weighted by atomic mass is 9.89. The van der Waals surface area contributed by atoms with Crippen LogP contribution in [0.1, 0.15) is 44.7 Å². The lowest BCUT2D eigenvalue weighted by Crippen LogP contribution is -2.40. The van der Waals surface area contributed by atoms with E-state index in [2.05, 4.69) is 52.0 Å². The monoisotopic (exact) mass is 323 g/mol. The minimum atomic E-state index is -0.232. The molecule has 0 atom stereocenters. The highest BCUT2D eigenvalue weighted by atomic mass is 16.2. The lowest BCUT2D eigenvalue weighted by Gasteiger charge is -2.30. The smallest absolute Gasteiger partial charge is 0.234 e. The van der Waals surface area contributed by atoms with E-state index in [1.54, 1.807) is 0 Å². The topological polar surface area (TPSA) is 20.3 Å². The van der Waals surface area contributed by atoms with Crippen molar-refractivity contribution in [1.29, 1.82) is 0 Å². The summed E-state index contributed by atoms with van der Waals surface area (Å²) >= 11 is 0. The Morgan fingerprint density at radius 2 is 1.12 bits per heavy atom. The van der Waals surface area contributed by atoms with E-state index in [0.29, 0.717) is 11.8 Å². The SMILES string of the molecule is CC(C)CN(CC(C)C)C(=O)C(c1ccccc1)c1ccccc1. The number of amides is 1. The van der Waals surface area contributed by atoms with E-state index in [1.165, 1.54) is 0 Å². The van der Waals surface area contributed by atoms with Gasteiger partial charge < -0.3 is 4.90 Å². The summed E-state index contributed by atoms with van der Waals surface area (Å²) in [6.07, 6.45) is 0. The lowest BCUT2D eigenvalue weighted by molar-refractivity contribution is -0.133. The molecule has 2 heteroatoms. The van der Waals surface area contributed by atoms with E-state index < -0.39 is 0 Å². The Bertz CT molecular complexity index is 569. The van der Waals surface area contributed by atoms with Crippen molar-refractivity contribution in [3.8, 4) is 0 Å². The van der Waals surface area contributed by atoms with E-state index in [-0.39, 0.29) is 11.8 Å². The van der Waals surface area contributed by atoms with Crippen LogP contribution in [0, 0.1) is 11.8 Å². The first-order valence-electron chi connectivity index (χ1n) is 8.87. The van der Waals surface area contributed by atoms with Crippen LogP contribution in [0.25, 0.3) is 0 Å². The van der Waals surface area contributed by atoms with Gasteiger partial charge in [-0.05, 0) is 23.0 Å². The molecule has 0 radical (unpaired) electrons. The van der Waals surface area contributed by atoms with Crippen LogP contribution < -0.4 is 0 Å². The fourth-order valence-corrected chi connectivity index (χ4v) is 3.09. The predicted octanol–water partition coefficient (Wildman–Crippen LogP) is 4.96. The molecule has 0 aliphatic heterocycles. The summed E-state index contributed by atoms with van der Waals surface area (Å²) in [5, 5.41) is 0. The van der Waals surface area contributed by atoms with Gasteiger partial charge in [-0.15, -0.1) is 0 Å². The van der Waals surface area contributed by atoms with Crippen molar-refractivity contribution >= 4 is 5.91 Å². The third-order valence-corrected chi connectivity index (χ3v) is 4.00. The maximum atomic E-state index is 13.4. The summed E-state index contributed by atoms with van der Waals surface area (Å²) in [7, 11) is 0. The predicted molar refractivity (Wildman–Crippen MR) is 101 cm³/mol. The fourth-order valence-electron chi connectivity index (χ4n) is 3.09. The Morgan fingerprint density at radius 3 is 1.46 bits per heavy atom. The van der Waals surface area contributed by atoms with Crippen molar-refractivity contribution in [2.75, 3.05) is 13.1 Å². The highest BCUT2D eigenvalue weighted by molar-refractivity contribution is 5.87. The van der Waals surface area contributed by atoms with Crippen LogP contribution in [0.2, 0.25) is 0 Å². The van der Waals surface area contributed by atoms with Gasteiger partial charge in [-0.25, -0.2) is 0 Å². The van der Waals surface area contributed by atoms with Crippen LogP contribution in [-0.2, 0) is 4.79 Å². The Labute approximate surface area is 146 Å². The Morgan fingerprint density at radius 1 is 0.750 bits per heavy atom. The van der Waals surface area contributed by atoms with Gasteiger partial charge in [0.15, 0.2) is 0 Å². The fraction of sp³-hybridized carbons (Fsp3) is 0.409. The molecule has 0 saturated heterocycles. The molecule has 2 aromatic carbocycles. The molecule has 2 aromatic rings. The van der Waals surface area contributed by atoms with Gasteiger partial charge in [-0.1, -0.05) is 88.4 Å². The van der Waals surface area contributed by atoms with Crippen molar-refractivity contribution in [3.05, 3.63) is 71.8 Å². The maximum absolute atomic E-state index is 13.4. The van der Waals surface area contributed by atoms with Crippen LogP contribution in [0.15, 0.2) is 60.7 Å². The third kappa shape index (κ3) is 4.95. The zero-order valence-electron chi connectivity index (χ0n) is 15.3. The number of rotatable bonds is 7. The van der Waals surface area contributed by atoms with Gasteiger partial charge in [0, 0.05) is 13.1 Å². The van der Waals surface area contributed by atoms with Crippen molar-refractivity contribution in [2.24, 2.45) is 11.8 Å². The average molecular weight is 323 g/mol. The highest BCUT2D eigenvalue weighted by Crippen LogP contribution is 2.27. The summed E-state index contributed by atoms with van der Waals surface area (Å²) in [5.41, 5.74) is 2.12. The van der Waals surface area contributed by atoms with Gasteiger partial charge >= 0.3 is 0 Å². The molecule has 0 saturated carbocycles. The zero-order valence-corrected chi connectivity index (χ0v) is 15.3. The molecule has 24 heavy (non-hydrogen) atoms. The molecule has 0 spiro atoms. The molecule has 2 rings (SSSR count). The maximum Gasteiger partial charge on any atom is 0.234 e. The summed E-state index contributed by atoms with van der Waals surface area (Å²) in [4.78, 5) is 15.5. The molecule has 0 heterocycles. The molecule has 0 bridgehead atoms. The second-order valence-electron chi connectivity index (χ2n) is 7.29. The molecule has 0 N–H and O–H groups in total. The number of carbonyl (C=O) groups excluding carboxylic acids is 1. The van der Waals surface area contributed by atoms with Gasteiger partial charge in [0.05, 0.1) is 5.92 Å². The highest BCUT2D eigenvalue weighted by Gasteiger charge is 2.28. The standard InChI is InChI=1S/C22H29NO/c1-17(2)15-23(16-18(3)4)22(24)21(19-11-7-5-8-12-19)20-13-9-6-10-14-20/h5-14,17-18,21H,15-16H2,1-4H3. The van der Waals surface area contributed by atoms with Gasteiger partial charge in [0.25, 0.3) is 0 Å². The first-order valence-corrected chi connectivity index (χ1v) is 8.87. The van der Waals surface area contributed by atoms with Gasteiger partial charge in [-0.3, -0.25) is 4.79 Å². The molecule has 0 aliphatic carbocycles. The molecule has 0 aliphatic rings. The van der Waals surface area contributed by atoms with Crippen molar-refractivity contribution < 1.29 is 4.79 Å².